The smallest absolute Gasteiger partial charge is 0.133 e. The maximum Gasteiger partial charge on any atom is 0.133 e. The van der Waals surface area contributed by atoms with E-state index in [1.807, 2.05) is 30.3 Å². The highest BCUT2D eigenvalue weighted by molar-refractivity contribution is 5.57. The molecule has 0 aliphatic heterocycles. The SMILES string of the molecule is CC(C)c1cc(Nc2cccc(CN)c2)ncn1. The molecule has 2 rings (SSSR count). The van der Waals surface area contributed by atoms with E-state index in [1.165, 1.54) is 0 Å². The average molecular weight is 242 g/mol. The Hall–Kier alpha value is -1.94. The molecular weight excluding hydrogens is 224 g/mol. The molecule has 0 saturated carbocycles. The van der Waals surface area contributed by atoms with Gasteiger partial charge in [-0.3, -0.25) is 0 Å². The highest BCUT2D eigenvalue weighted by atomic mass is 15.0. The fraction of sp³-hybridized carbons (Fsp3) is 0.286. The lowest BCUT2D eigenvalue weighted by Gasteiger charge is -2.09. The van der Waals surface area contributed by atoms with E-state index in [4.69, 9.17) is 5.73 Å². The van der Waals surface area contributed by atoms with Gasteiger partial charge in [0, 0.05) is 24.0 Å². The van der Waals surface area contributed by atoms with Crippen LogP contribution in [0.4, 0.5) is 11.5 Å². The molecule has 0 radical (unpaired) electrons. The molecule has 0 aliphatic carbocycles. The van der Waals surface area contributed by atoms with Gasteiger partial charge in [0.2, 0.25) is 0 Å². The Morgan fingerprint density at radius 1 is 1.22 bits per heavy atom. The van der Waals surface area contributed by atoms with Crippen LogP contribution in [-0.2, 0) is 6.54 Å². The third kappa shape index (κ3) is 3.05. The van der Waals surface area contributed by atoms with Crippen molar-refractivity contribution in [3.8, 4) is 0 Å². The summed E-state index contributed by atoms with van der Waals surface area (Å²) in [5, 5.41) is 3.27. The van der Waals surface area contributed by atoms with Crippen molar-refractivity contribution in [1.29, 1.82) is 0 Å². The number of aromatic nitrogens is 2. The molecule has 1 aromatic carbocycles. The zero-order valence-electron chi connectivity index (χ0n) is 10.7. The van der Waals surface area contributed by atoms with Crippen LogP contribution in [0.2, 0.25) is 0 Å². The van der Waals surface area contributed by atoms with Crippen LogP contribution in [0.25, 0.3) is 0 Å². The standard InChI is InChI=1S/C14H18N4/c1-10(2)13-7-14(17-9-16-13)18-12-5-3-4-11(6-12)8-15/h3-7,9-10H,8,15H2,1-2H3,(H,16,17,18). The number of anilines is 2. The Morgan fingerprint density at radius 2 is 2.06 bits per heavy atom. The average Bonchev–Trinajstić information content (AvgIpc) is 2.39. The lowest BCUT2D eigenvalue weighted by molar-refractivity contribution is 0.815. The molecule has 0 amide bonds. The van der Waals surface area contributed by atoms with Crippen molar-refractivity contribution in [2.75, 3.05) is 5.32 Å². The number of hydrogen-bond donors (Lipinski definition) is 2. The Bertz CT molecular complexity index is 523. The summed E-state index contributed by atoms with van der Waals surface area (Å²) in [6.07, 6.45) is 1.59. The Labute approximate surface area is 107 Å². The lowest BCUT2D eigenvalue weighted by Crippen LogP contribution is -2.00. The second-order valence-electron chi connectivity index (χ2n) is 4.51. The van der Waals surface area contributed by atoms with E-state index in [1.54, 1.807) is 6.33 Å². The van der Waals surface area contributed by atoms with Crippen LogP contribution < -0.4 is 11.1 Å². The summed E-state index contributed by atoms with van der Waals surface area (Å²) in [6.45, 7) is 4.76. The maximum atomic E-state index is 5.62. The third-order valence-corrected chi connectivity index (χ3v) is 2.71. The first kappa shape index (κ1) is 12.5. The molecule has 18 heavy (non-hydrogen) atoms. The van der Waals surface area contributed by atoms with Crippen LogP contribution in [0.1, 0.15) is 31.0 Å². The normalized spacial score (nSPS) is 10.7. The predicted octanol–water partition coefficient (Wildman–Crippen LogP) is 2.80. The summed E-state index contributed by atoms with van der Waals surface area (Å²) in [5.74, 6) is 1.20. The molecule has 4 nitrogen and oxygen atoms in total. The Kier molecular flexibility index (Phi) is 3.89. The van der Waals surface area contributed by atoms with Crippen LogP contribution in [0.15, 0.2) is 36.7 Å². The molecule has 2 aromatic rings. The molecule has 0 bridgehead atoms. The van der Waals surface area contributed by atoms with Crippen molar-refractivity contribution in [3.63, 3.8) is 0 Å². The first-order chi connectivity index (χ1) is 8.69. The van der Waals surface area contributed by atoms with Gasteiger partial charge in [0.15, 0.2) is 0 Å². The van der Waals surface area contributed by atoms with Gasteiger partial charge in [-0.05, 0) is 23.6 Å². The van der Waals surface area contributed by atoms with E-state index < -0.39 is 0 Å². The molecule has 3 N–H and O–H groups in total. The topological polar surface area (TPSA) is 63.8 Å². The van der Waals surface area contributed by atoms with E-state index in [2.05, 4.69) is 29.1 Å². The summed E-state index contributed by atoms with van der Waals surface area (Å²) in [7, 11) is 0. The zero-order chi connectivity index (χ0) is 13.0. The van der Waals surface area contributed by atoms with Crippen molar-refractivity contribution < 1.29 is 0 Å². The van der Waals surface area contributed by atoms with Gasteiger partial charge < -0.3 is 11.1 Å². The predicted molar refractivity (Wildman–Crippen MR) is 73.7 cm³/mol. The molecule has 94 valence electrons. The van der Waals surface area contributed by atoms with Crippen LogP contribution in [0.3, 0.4) is 0 Å². The van der Waals surface area contributed by atoms with Gasteiger partial charge in [0.05, 0.1) is 0 Å². The summed E-state index contributed by atoms with van der Waals surface area (Å²) < 4.78 is 0. The summed E-state index contributed by atoms with van der Waals surface area (Å²) in [5.41, 5.74) is 8.74. The molecule has 1 aromatic heterocycles. The van der Waals surface area contributed by atoms with Crippen molar-refractivity contribution in [3.05, 3.63) is 47.9 Å². The number of hydrogen-bond acceptors (Lipinski definition) is 4. The summed E-state index contributed by atoms with van der Waals surface area (Å²) >= 11 is 0. The van der Waals surface area contributed by atoms with Crippen molar-refractivity contribution >= 4 is 11.5 Å². The van der Waals surface area contributed by atoms with E-state index in [0.29, 0.717) is 12.5 Å². The quantitative estimate of drug-likeness (QED) is 0.865. The van der Waals surface area contributed by atoms with E-state index in [0.717, 1.165) is 22.8 Å². The fourth-order valence-electron chi connectivity index (χ4n) is 1.68. The number of nitrogens with zero attached hydrogens (tertiary/aromatic N) is 2. The van der Waals surface area contributed by atoms with Gasteiger partial charge in [0.25, 0.3) is 0 Å². The van der Waals surface area contributed by atoms with Crippen LogP contribution in [0, 0.1) is 0 Å². The van der Waals surface area contributed by atoms with Crippen molar-refractivity contribution in [2.45, 2.75) is 26.3 Å². The molecule has 0 atom stereocenters. The van der Waals surface area contributed by atoms with Gasteiger partial charge in [-0.2, -0.15) is 0 Å². The van der Waals surface area contributed by atoms with Crippen LogP contribution in [0.5, 0.6) is 0 Å². The molecule has 0 aliphatic rings. The van der Waals surface area contributed by atoms with Gasteiger partial charge in [-0.1, -0.05) is 26.0 Å². The monoisotopic (exact) mass is 242 g/mol. The van der Waals surface area contributed by atoms with Crippen LogP contribution >= 0.6 is 0 Å². The second-order valence-corrected chi connectivity index (χ2v) is 4.51. The largest absolute Gasteiger partial charge is 0.340 e. The Balaban J connectivity index is 2.20. The number of rotatable bonds is 4. The van der Waals surface area contributed by atoms with Gasteiger partial charge in [-0.15, -0.1) is 0 Å². The fourth-order valence-corrected chi connectivity index (χ4v) is 1.68. The van der Waals surface area contributed by atoms with Gasteiger partial charge in [-0.25, -0.2) is 9.97 Å². The molecular formula is C14H18N4. The molecule has 0 saturated heterocycles. The molecule has 0 unspecified atom stereocenters. The first-order valence-electron chi connectivity index (χ1n) is 6.07. The Morgan fingerprint density at radius 3 is 2.78 bits per heavy atom. The number of nitrogens with one attached hydrogen (secondary N) is 1. The minimum absolute atomic E-state index is 0.393. The molecule has 0 fully saturated rings. The molecule has 0 spiro atoms. The van der Waals surface area contributed by atoms with Crippen molar-refractivity contribution in [1.82, 2.24) is 9.97 Å². The van der Waals surface area contributed by atoms with Gasteiger partial charge in [0.1, 0.15) is 12.1 Å². The summed E-state index contributed by atoms with van der Waals surface area (Å²) in [4.78, 5) is 8.46. The zero-order valence-corrected chi connectivity index (χ0v) is 10.7. The minimum Gasteiger partial charge on any atom is -0.340 e. The van der Waals surface area contributed by atoms with E-state index >= 15 is 0 Å². The van der Waals surface area contributed by atoms with E-state index in [9.17, 15) is 0 Å². The number of benzene rings is 1. The summed E-state index contributed by atoms with van der Waals surface area (Å²) in [6, 6.07) is 9.98. The second kappa shape index (κ2) is 5.60. The third-order valence-electron chi connectivity index (χ3n) is 2.71. The van der Waals surface area contributed by atoms with Gasteiger partial charge >= 0.3 is 0 Å². The lowest BCUT2D eigenvalue weighted by atomic mass is 10.1. The maximum absolute atomic E-state index is 5.62. The highest BCUT2D eigenvalue weighted by Crippen LogP contribution is 2.18. The minimum atomic E-state index is 0.393. The van der Waals surface area contributed by atoms with Crippen molar-refractivity contribution in [2.24, 2.45) is 5.73 Å². The van der Waals surface area contributed by atoms with Crippen LogP contribution in [-0.4, -0.2) is 9.97 Å². The molecule has 4 heteroatoms. The first-order valence-corrected chi connectivity index (χ1v) is 6.07. The molecule has 1 heterocycles. The van der Waals surface area contributed by atoms with E-state index in [-0.39, 0.29) is 0 Å². The number of nitrogens with two attached hydrogens (primary N) is 1. The highest BCUT2D eigenvalue weighted by Gasteiger charge is 2.03.